The maximum absolute atomic E-state index is 12.3. The lowest BCUT2D eigenvalue weighted by Gasteiger charge is -2.23. The van der Waals surface area contributed by atoms with Crippen molar-refractivity contribution in [3.8, 4) is 0 Å². The maximum Gasteiger partial charge on any atom is 0.254 e. The summed E-state index contributed by atoms with van der Waals surface area (Å²) in [6, 6.07) is 6.76. The van der Waals surface area contributed by atoms with Crippen molar-refractivity contribution in [2.45, 2.75) is 39.8 Å². The fourth-order valence-electron chi connectivity index (χ4n) is 3.73. The van der Waals surface area contributed by atoms with E-state index in [9.17, 15) is 14.4 Å². The van der Waals surface area contributed by atoms with Crippen LogP contribution in [0.1, 0.15) is 53.8 Å². The Morgan fingerprint density at radius 2 is 1.83 bits per heavy atom. The molecule has 0 aliphatic carbocycles. The third-order valence-electron chi connectivity index (χ3n) is 5.21. The molecule has 1 aromatic heterocycles. The summed E-state index contributed by atoms with van der Waals surface area (Å²) in [5, 5.41) is 9.36. The molecule has 3 aromatic rings. The molecule has 1 atom stereocenters. The minimum Gasteiger partial charge on any atom is -0.464 e. The van der Waals surface area contributed by atoms with Crippen molar-refractivity contribution in [1.82, 2.24) is 5.32 Å². The Bertz CT molecular complexity index is 1200. The quantitative estimate of drug-likeness (QED) is 0.492. The van der Waals surface area contributed by atoms with Gasteiger partial charge in [-0.25, -0.2) is 0 Å². The van der Waals surface area contributed by atoms with Gasteiger partial charge in [0.15, 0.2) is 0 Å². The smallest absolute Gasteiger partial charge is 0.254 e. The molecule has 1 aliphatic heterocycles. The molecule has 7 nitrogen and oxygen atoms in total. The molecule has 8 heteroatoms. The number of fused-ring (bicyclic) bond motifs is 1. The Labute approximate surface area is 178 Å². The number of hydrogen-bond donors (Lipinski definition) is 3. The van der Waals surface area contributed by atoms with Gasteiger partial charge in [0.25, 0.3) is 16.8 Å². The van der Waals surface area contributed by atoms with Crippen LogP contribution in [0.5, 0.6) is 0 Å². The van der Waals surface area contributed by atoms with Crippen LogP contribution in [-0.4, -0.2) is 5.91 Å². The minimum atomic E-state index is -0.626. The highest BCUT2D eigenvalue weighted by Crippen LogP contribution is 2.34. The molecule has 3 N–H and O–H groups in total. The molecule has 0 unspecified atom stereocenters. The number of hydrogen-bond acceptors (Lipinski definition) is 6. The normalized spacial score (nSPS) is 14.1. The minimum absolute atomic E-state index is 0.140. The summed E-state index contributed by atoms with van der Waals surface area (Å²) in [7, 11) is 0. The molecule has 156 valence electrons. The first-order valence-electron chi connectivity index (χ1n) is 9.79. The standard InChI is InChI=1S/C22H22ClN3O4/c1-10(2)8-15(16-7-4-11(3)30-16)26-19-18(20(27)21(19)28)25-14-6-5-13(23)12-9-24-22(29)17(12)14/h4-7,10,15,25-26H,8-9H2,1-3H3,(H,24,29)/t15-/m1/s1. The lowest BCUT2D eigenvalue weighted by molar-refractivity contribution is 0.0966. The molecule has 0 spiro atoms. The van der Waals surface area contributed by atoms with E-state index in [-0.39, 0.29) is 23.3 Å². The first kappa shape index (κ1) is 20.2. The van der Waals surface area contributed by atoms with Gasteiger partial charge in [-0.15, -0.1) is 0 Å². The van der Waals surface area contributed by atoms with E-state index < -0.39 is 10.9 Å². The van der Waals surface area contributed by atoms with Crippen LogP contribution in [0.3, 0.4) is 0 Å². The van der Waals surface area contributed by atoms with Crippen molar-refractivity contribution >= 4 is 34.6 Å². The molecule has 0 saturated heterocycles. The molecule has 0 bridgehead atoms. The van der Waals surface area contributed by atoms with Crippen molar-refractivity contribution in [1.29, 1.82) is 0 Å². The predicted octanol–water partition coefficient (Wildman–Crippen LogP) is 4.02. The first-order valence-corrected chi connectivity index (χ1v) is 10.2. The molecule has 0 radical (unpaired) electrons. The number of nitrogens with one attached hydrogen (secondary N) is 3. The lowest BCUT2D eigenvalue weighted by atomic mass is 10.0. The van der Waals surface area contributed by atoms with Gasteiger partial charge in [0.2, 0.25) is 0 Å². The number of rotatable bonds is 7. The van der Waals surface area contributed by atoms with Crippen molar-refractivity contribution < 1.29 is 9.21 Å². The van der Waals surface area contributed by atoms with E-state index in [4.69, 9.17) is 16.0 Å². The third kappa shape index (κ3) is 3.50. The number of benzene rings is 1. The van der Waals surface area contributed by atoms with E-state index in [1.54, 1.807) is 12.1 Å². The number of amides is 1. The number of aryl methyl sites for hydroxylation is 1. The summed E-state index contributed by atoms with van der Waals surface area (Å²) in [5.41, 5.74) is 0.616. The lowest BCUT2D eigenvalue weighted by Crippen LogP contribution is -2.37. The van der Waals surface area contributed by atoms with Crippen LogP contribution in [0.15, 0.2) is 38.3 Å². The highest BCUT2D eigenvalue weighted by atomic mass is 35.5. The summed E-state index contributed by atoms with van der Waals surface area (Å²) in [5.74, 6) is 1.53. The predicted molar refractivity (Wildman–Crippen MR) is 117 cm³/mol. The van der Waals surface area contributed by atoms with Crippen molar-refractivity contribution in [2.75, 3.05) is 10.6 Å². The van der Waals surface area contributed by atoms with Crippen molar-refractivity contribution in [3.05, 3.63) is 72.4 Å². The fourth-order valence-corrected chi connectivity index (χ4v) is 3.96. The van der Waals surface area contributed by atoms with Gasteiger partial charge < -0.3 is 20.4 Å². The Morgan fingerprint density at radius 3 is 2.50 bits per heavy atom. The van der Waals surface area contributed by atoms with Crippen LogP contribution in [-0.2, 0) is 6.54 Å². The summed E-state index contributed by atoms with van der Waals surface area (Å²) in [6.07, 6.45) is 0.712. The third-order valence-corrected chi connectivity index (χ3v) is 5.56. The highest BCUT2D eigenvalue weighted by molar-refractivity contribution is 6.32. The Balaban J connectivity index is 1.66. The van der Waals surface area contributed by atoms with Crippen LogP contribution in [0.2, 0.25) is 5.02 Å². The fraction of sp³-hybridized carbons (Fsp3) is 0.318. The zero-order chi connectivity index (χ0) is 21.6. The van der Waals surface area contributed by atoms with E-state index in [0.29, 0.717) is 46.5 Å². The molecular weight excluding hydrogens is 406 g/mol. The van der Waals surface area contributed by atoms with Gasteiger partial charge in [-0.1, -0.05) is 25.4 Å². The molecule has 2 aromatic carbocycles. The topological polar surface area (TPSA) is 100 Å². The number of anilines is 3. The van der Waals surface area contributed by atoms with Gasteiger partial charge >= 0.3 is 0 Å². The van der Waals surface area contributed by atoms with Gasteiger partial charge in [0, 0.05) is 17.1 Å². The van der Waals surface area contributed by atoms with Gasteiger partial charge in [0.1, 0.15) is 22.9 Å². The average molecular weight is 428 g/mol. The number of halogens is 1. The van der Waals surface area contributed by atoms with Gasteiger partial charge in [-0.05, 0) is 43.5 Å². The molecule has 2 heterocycles. The van der Waals surface area contributed by atoms with Crippen LogP contribution in [0.4, 0.5) is 17.1 Å². The molecular formula is C22H22ClN3O4. The second-order valence-electron chi connectivity index (χ2n) is 7.94. The Morgan fingerprint density at radius 1 is 1.10 bits per heavy atom. The molecule has 1 aliphatic rings. The van der Waals surface area contributed by atoms with E-state index >= 15 is 0 Å². The second-order valence-corrected chi connectivity index (χ2v) is 8.35. The zero-order valence-corrected chi connectivity index (χ0v) is 17.6. The van der Waals surface area contributed by atoms with Gasteiger partial charge in [-0.2, -0.15) is 0 Å². The number of furan rings is 1. The van der Waals surface area contributed by atoms with Gasteiger partial charge in [-0.3, -0.25) is 14.4 Å². The van der Waals surface area contributed by atoms with Crippen molar-refractivity contribution in [2.24, 2.45) is 5.92 Å². The SMILES string of the molecule is Cc1ccc([C@@H](CC(C)C)Nc2c(Nc3ccc(Cl)c4c3C(=O)NC4)c(=O)c2=O)o1. The van der Waals surface area contributed by atoms with E-state index in [1.165, 1.54) is 0 Å². The Kier molecular flexibility index (Phi) is 5.15. The Hall–Kier alpha value is -3.06. The van der Waals surface area contributed by atoms with Crippen LogP contribution in [0.25, 0.3) is 0 Å². The molecule has 0 saturated carbocycles. The summed E-state index contributed by atoms with van der Waals surface area (Å²) < 4.78 is 5.75. The first-order chi connectivity index (χ1) is 14.3. The highest BCUT2D eigenvalue weighted by Gasteiger charge is 2.29. The average Bonchev–Trinajstić information content (AvgIpc) is 3.31. The number of carbonyl (C=O) groups is 1. The van der Waals surface area contributed by atoms with E-state index in [2.05, 4.69) is 29.8 Å². The summed E-state index contributed by atoms with van der Waals surface area (Å²) in [4.78, 5) is 36.9. The molecule has 1 amide bonds. The van der Waals surface area contributed by atoms with E-state index in [1.807, 2.05) is 19.1 Å². The molecule has 0 fully saturated rings. The molecule has 30 heavy (non-hydrogen) atoms. The largest absolute Gasteiger partial charge is 0.464 e. The summed E-state index contributed by atoms with van der Waals surface area (Å²) >= 11 is 6.18. The van der Waals surface area contributed by atoms with E-state index in [0.717, 1.165) is 5.76 Å². The zero-order valence-electron chi connectivity index (χ0n) is 16.9. The monoisotopic (exact) mass is 427 g/mol. The molecule has 4 rings (SSSR count). The van der Waals surface area contributed by atoms with Crippen LogP contribution < -0.4 is 26.8 Å². The maximum atomic E-state index is 12.3. The number of carbonyl (C=O) groups excluding carboxylic acids is 1. The summed E-state index contributed by atoms with van der Waals surface area (Å²) in [6.45, 7) is 6.32. The van der Waals surface area contributed by atoms with Crippen LogP contribution in [0, 0.1) is 12.8 Å². The van der Waals surface area contributed by atoms with Crippen LogP contribution >= 0.6 is 11.6 Å². The van der Waals surface area contributed by atoms with Crippen molar-refractivity contribution in [3.63, 3.8) is 0 Å². The van der Waals surface area contributed by atoms with Gasteiger partial charge in [0.05, 0.1) is 17.3 Å². The second kappa shape index (κ2) is 7.65.